The van der Waals surface area contributed by atoms with Crippen molar-refractivity contribution in [2.75, 3.05) is 0 Å². The second-order valence-corrected chi connectivity index (χ2v) is 4.57. The predicted molar refractivity (Wildman–Crippen MR) is 68.1 cm³/mol. The monoisotopic (exact) mass is 291 g/mol. The van der Waals surface area contributed by atoms with E-state index in [1.165, 1.54) is 0 Å². The summed E-state index contributed by atoms with van der Waals surface area (Å²) in [6, 6.07) is 8.36. The van der Waals surface area contributed by atoms with Crippen LogP contribution in [0.4, 0.5) is 0 Å². The van der Waals surface area contributed by atoms with Gasteiger partial charge in [-0.25, -0.2) is 0 Å². The molecule has 1 N–H and O–H groups in total. The van der Waals surface area contributed by atoms with E-state index in [1.54, 1.807) is 42.7 Å². The first-order valence-corrected chi connectivity index (χ1v) is 5.86. The molecule has 4 heteroatoms. The van der Waals surface area contributed by atoms with Crippen LogP contribution >= 0.6 is 15.9 Å². The number of ketones is 1. The Kier molecular flexibility index (Phi) is 3.54. The molecule has 0 unspecified atom stereocenters. The van der Waals surface area contributed by atoms with Gasteiger partial charge in [0.05, 0.1) is 0 Å². The number of rotatable bonds is 3. The molecule has 1 aromatic heterocycles. The zero-order chi connectivity index (χ0) is 12.3. The topological polar surface area (TPSA) is 50.2 Å². The fourth-order valence-corrected chi connectivity index (χ4v) is 1.83. The maximum atomic E-state index is 11.9. The minimum absolute atomic E-state index is 0.00416. The Morgan fingerprint density at radius 1 is 1.24 bits per heavy atom. The number of aromatic hydroxyl groups is 1. The van der Waals surface area contributed by atoms with E-state index in [9.17, 15) is 4.79 Å². The fourth-order valence-electron chi connectivity index (χ4n) is 1.47. The lowest BCUT2D eigenvalue weighted by Gasteiger charge is -2.02. The molecular formula is C13H10BrNO2. The number of pyridine rings is 1. The molecule has 3 nitrogen and oxygen atoms in total. The lowest BCUT2D eigenvalue weighted by Crippen LogP contribution is -2.03. The number of phenols is 1. The molecule has 0 aliphatic rings. The Morgan fingerprint density at radius 2 is 1.94 bits per heavy atom. The Balaban J connectivity index is 2.14. The second kappa shape index (κ2) is 5.10. The van der Waals surface area contributed by atoms with Crippen LogP contribution in [0.2, 0.25) is 0 Å². The SMILES string of the molecule is O=C(Cc1ccc(O)cc1)c1cncc(Br)c1. The van der Waals surface area contributed by atoms with Crippen LogP contribution in [-0.2, 0) is 6.42 Å². The van der Waals surface area contributed by atoms with Crippen molar-refractivity contribution in [3.63, 3.8) is 0 Å². The molecule has 0 saturated heterocycles. The highest BCUT2D eigenvalue weighted by Crippen LogP contribution is 2.14. The fraction of sp³-hybridized carbons (Fsp3) is 0.0769. The Morgan fingerprint density at radius 3 is 2.59 bits per heavy atom. The number of aromatic nitrogens is 1. The van der Waals surface area contributed by atoms with Crippen molar-refractivity contribution >= 4 is 21.7 Å². The summed E-state index contributed by atoms with van der Waals surface area (Å²) in [5.74, 6) is 0.204. The van der Waals surface area contributed by atoms with Crippen molar-refractivity contribution in [1.82, 2.24) is 4.98 Å². The molecule has 2 aromatic rings. The van der Waals surface area contributed by atoms with Gasteiger partial charge in [-0.1, -0.05) is 12.1 Å². The Bertz CT molecular complexity index is 537. The number of Topliss-reactive ketones (excluding diaryl/α,β-unsaturated/α-hetero) is 1. The third-order valence-corrected chi connectivity index (χ3v) is 2.76. The van der Waals surface area contributed by atoms with Crippen LogP contribution in [0, 0.1) is 0 Å². The van der Waals surface area contributed by atoms with E-state index in [-0.39, 0.29) is 11.5 Å². The number of benzene rings is 1. The number of hydrogen-bond acceptors (Lipinski definition) is 3. The van der Waals surface area contributed by atoms with Crippen molar-refractivity contribution in [1.29, 1.82) is 0 Å². The molecule has 86 valence electrons. The van der Waals surface area contributed by atoms with E-state index in [0.29, 0.717) is 12.0 Å². The highest BCUT2D eigenvalue weighted by Gasteiger charge is 2.07. The molecule has 2 rings (SSSR count). The van der Waals surface area contributed by atoms with Gasteiger partial charge < -0.3 is 5.11 Å². The van der Waals surface area contributed by atoms with Gasteiger partial charge in [0, 0.05) is 28.9 Å². The van der Waals surface area contributed by atoms with Crippen LogP contribution in [0.5, 0.6) is 5.75 Å². The van der Waals surface area contributed by atoms with E-state index in [4.69, 9.17) is 5.11 Å². The number of phenolic OH excluding ortho intramolecular Hbond substituents is 1. The smallest absolute Gasteiger partial charge is 0.168 e. The molecule has 17 heavy (non-hydrogen) atoms. The first-order chi connectivity index (χ1) is 8.15. The van der Waals surface area contributed by atoms with Gasteiger partial charge in [0.2, 0.25) is 0 Å². The zero-order valence-electron chi connectivity index (χ0n) is 8.93. The summed E-state index contributed by atoms with van der Waals surface area (Å²) in [6.07, 6.45) is 3.49. The Labute approximate surface area is 107 Å². The quantitative estimate of drug-likeness (QED) is 0.885. The van der Waals surface area contributed by atoms with E-state index in [0.717, 1.165) is 10.0 Å². The van der Waals surface area contributed by atoms with Gasteiger partial charge in [0.1, 0.15) is 5.75 Å². The number of halogens is 1. The molecular weight excluding hydrogens is 282 g/mol. The zero-order valence-corrected chi connectivity index (χ0v) is 10.5. The molecule has 0 aliphatic carbocycles. The summed E-state index contributed by atoms with van der Waals surface area (Å²) in [7, 11) is 0. The van der Waals surface area contributed by atoms with Crippen molar-refractivity contribution in [2.24, 2.45) is 0 Å². The van der Waals surface area contributed by atoms with Gasteiger partial charge in [0.25, 0.3) is 0 Å². The summed E-state index contributed by atoms with van der Waals surface area (Å²) >= 11 is 3.28. The first kappa shape index (κ1) is 11.8. The van der Waals surface area contributed by atoms with Gasteiger partial charge >= 0.3 is 0 Å². The van der Waals surface area contributed by atoms with Crippen molar-refractivity contribution in [3.8, 4) is 5.75 Å². The highest BCUT2D eigenvalue weighted by atomic mass is 79.9. The second-order valence-electron chi connectivity index (χ2n) is 3.66. The molecule has 0 amide bonds. The summed E-state index contributed by atoms with van der Waals surface area (Å²) in [4.78, 5) is 15.9. The number of nitrogens with zero attached hydrogens (tertiary/aromatic N) is 1. The van der Waals surface area contributed by atoms with Gasteiger partial charge in [-0.2, -0.15) is 0 Å². The van der Waals surface area contributed by atoms with Gasteiger partial charge in [-0.3, -0.25) is 9.78 Å². The van der Waals surface area contributed by atoms with Gasteiger partial charge in [-0.15, -0.1) is 0 Å². The van der Waals surface area contributed by atoms with Crippen LogP contribution in [-0.4, -0.2) is 15.9 Å². The minimum Gasteiger partial charge on any atom is -0.508 e. The molecule has 1 aromatic carbocycles. The van der Waals surface area contributed by atoms with Crippen LogP contribution in [0.15, 0.2) is 47.2 Å². The summed E-state index contributed by atoms with van der Waals surface area (Å²) in [5, 5.41) is 9.14. The maximum absolute atomic E-state index is 11.9. The average molecular weight is 292 g/mol. The molecule has 0 radical (unpaired) electrons. The lowest BCUT2D eigenvalue weighted by molar-refractivity contribution is 0.0992. The molecule has 0 fully saturated rings. The molecule has 0 saturated carbocycles. The minimum atomic E-state index is 0.00416. The molecule has 0 bridgehead atoms. The van der Waals surface area contributed by atoms with Crippen molar-refractivity contribution < 1.29 is 9.90 Å². The summed E-state index contributed by atoms with van der Waals surface area (Å²) < 4.78 is 0.786. The van der Waals surface area contributed by atoms with E-state index in [2.05, 4.69) is 20.9 Å². The molecule has 0 atom stereocenters. The number of hydrogen-bond donors (Lipinski definition) is 1. The predicted octanol–water partition coefficient (Wildman–Crippen LogP) is 2.98. The van der Waals surface area contributed by atoms with Crippen LogP contribution in [0.3, 0.4) is 0 Å². The summed E-state index contributed by atoms with van der Waals surface area (Å²) in [6.45, 7) is 0. The lowest BCUT2D eigenvalue weighted by atomic mass is 10.0. The standard InChI is InChI=1S/C13H10BrNO2/c14-11-6-10(7-15-8-11)13(17)5-9-1-3-12(16)4-2-9/h1-4,6-8,16H,5H2. The van der Waals surface area contributed by atoms with E-state index in [1.807, 2.05) is 0 Å². The van der Waals surface area contributed by atoms with E-state index >= 15 is 0 Å². The normalized spacial score (nSPS) is 10.2. The Hall–Kier alpha value is -1.68. The highest BCUT2D eigenvalue weighted by molar-refractivity contribution is 9.10. The number of carbonyl (C=O) groups excluding carboxylic acids is 1. The third kappa shape index (κ3) is 3.14. The van der Waals surface area contributed by atoms with Crippen LogP contribution in [0.1, 0.15) is 15.9 Å². The van der Waals surface area contributed by atoms with Crippen molar-refractivity contribution in [2.45, 2.75) is 6.42 Å². The van der Waals surface area contributed by atoms with Crippen molar-refractivity contribution in [3.05, 3.63) is 58.3 Å². The average Bonchev–Trinajstić information content (AvgIpc) is 2.32. The van der Waals surface area contributed by atoms with Crippen LogP contribution < -0.4 is 0 Å². The van der Waals surface area contributed by atoms with Gasteiger partial charge in [0.15, 0.2) is 5.78 Å². The number of carbonyl (C=O) groups is 1. The maximum Gasteiger partial charge on any atom is 0.168 e. The van der Waals surface area contributed by atoms with E-state index < -0.39 is 0 Å². The largest absolute Gasteiger partial charge is 0.508 e. The van der Waals surface area contributed by atoms with Gasteiger partial charge in [-0.05, 0) is 39.7 Å². The first-order valence-electron chi connectivity index (χ1n) is 5.07. The summed E-state index contributed by atoms with van der Waals surface area (Å²) in [5.41, 5.74) is 1.44. The molecule has 0 spiro atoms. The molecule has 1 heterocycles. The third-order valence-electron chi connectivity index (χ3n) is 2.33. The molecule has 0 aliphatic heterocycles. The van der Waals surface area contributed by atoms with Crippen LogP contribution in [0.25, 0.3) is 0 Å².